The Labute approximate surface area is 120 Å². The van der Waals surface area contributed by atoms with Crippen LogP contribution in [0.5, 0.6) is 0 Å². The van der Waals surface area contributed by atoms with E-state index >= 15 is 0 Å². The van der Waals surface area contributed by atoms with Crippen molar-refractivity contribution in [2.75, 3.05) is 11.9 Å². The van der Waals surface area contributed by atoms with Crippen LogP contribution in [-0.2, 0) is 16.6 Å². The average Bonchev–Trinajstić information content (AvgIpc) is 2.83. The Kier molecular flexibility index (Phi) is 4.53. The largest absolute Gasteiger partial charge is 0.370 e. The van der Waals surface area contributed by atoms with Gasteiger partial charge in [0.05, 0.1) is 11.4 Å². The maximum Gasteiger partial charge on any atom is 0.304 e. The maximum absolute atomic E-state index is 12.1. The zero-order chi connectivity index (χ0) is 14.6. The van der Waals surface area contributed by atoms with Gasteiger partial charge in [0.1, 0.15) is 5.82 Å². The number of hydrogen-bond acceptors (Lipinski definition) is 6. The molecule has 0 aliphatic heterocycles. The zero-order valence-electron chi connectivity index (χ0n) is 10.7. The lowest BCUT2D eigenvalue weighted by molar-refractivity contribution is 0.580. The van der Waals surface area contributed by atoms with Gasteiger partial charge in [-0.3, -0.25) is 4.79 Å². The second kappa shape index (κ2) is 6.16. The molecule has 0 saturated carbocycles. The van der Waals surface area contributed by atoms with Crippen molar-refractivity contribution in [3.05, 3.63) is 39.1 Å². The summed E-state index contributed by atoms with van der Waals surface area (Å²) in [5.41, 5.74) is 0.532. The fourth-order valence-electron chi connectivity index (χ4n) is 1.51. The average molecular weight is 314 g/mol. The van der Waals surface area contributed by atoms with E-state index in [1.54, 1.807) is 5.38 Å². The summed E-state index contributed by atoms with van der Waals surface area (Å²) in [4.78, 5) is 17.4. The zero-order valence-corrected chi connectivity index (χ0v) is 12.3. The molecule has 0 aliphatic rings. The summed E-state index contributed by atoms with van der Waals surface area (Å²) >= 11 is 0.994. The third kappa shape index (κ3) is 3.65. The van der Waals surface area contributed by atoms with Gasteiger partial charge in [0.25, 0.3) is 0 Å². The standard InChI is InChI=1S/C11H14N4O3S2/c1-2-12-10-5-9(3-4-13-10)20(17,18)14-6-8-7-19-11(16)15-8/h3-5,7,14H,2,6H2,1H3,(H,12,13)(H,15,16). The number of nitrogens with zero attached hydrogens (tertiary/aromatic N) is 1. The highest BCUT2D eigenvalue weighted by molar-refractivity contribution is 7.89. The van der Waals surface area contributed by atoms with Gasteiger partial charge in [-0.2, -0.15) is 0 Å². The van der Waals surface area contributed by atoms with Crippen LogP contribution in [0.1, 0.15) is 12.6 Å². The van der Waals surface area contributed by atoms with Crippen LogP contribution in [0.3, 0.4) is 0 Å². The van der Waals surface area contributed by atoms with Crippen LogP contribution in [0.15, 0.2) is 33.4 Å². The van der Waals surface area contributed by atoms with Crippen molar-refractivity contribution in [1.82, 2.24) is 14.7 Å². The summed E-state index contributed by atoms with van der Waals surface area (Å²) in [6.07, 6.45) is 1.43. The number of aromatic amines is 1. The quantitative estimate of drug-likeness (QED) is 0.729. The molecule has 0 radical (unpaired) electrons. The number of hydrogen-bond donors (Lipinski definition) is 3. The van der Waals surface area contributed by atoms with Crippen LogP contribution in [0.4, 0.5) is 5.82 Å². The molecule has 2 aromatic rings. The molecule has 7 nitrogen and oxygen atoms in total. The molecular weight excluding hydrogens is 300 g/mol. The van der Waals surface area contributed by atoms with Crippen LogP contribution in [0.25, 0.3) is 0 Å². The molecule has 0 saturated heterocycles. The second-order valence-electron chi connectivity index (χ2n) is 3.91. The van der Waals surface area contributed by atoms with Crippen molar-refractivity contribution in [2.24, 2.45) is 0 Å². The third-order valence-corrected chi connectivity index (χ3v) is 4.54. The summed E-state index contributed by atoms with van der Waals surface area (Å²) < 4.78 is 26.7. The first-order chi connectivity index (χ1) is 9.51. The van der Waals surface area contributed by atoms with E-state index in [0.717, 1.165) is 11.3 Å². The molecule has 108 valence electrons. The monoisotopic (exact) mass is 314 g/mol. The van der Waals surface area contributed by atoms with Gasteiger partial charge in [0.15, 0.2) is 0 Å². The van der Waals surface area contributed by atoms with Crippen LogP contribution in [0.2, 0.25) is 0 Å². The topological polar surface area (TPSA) is 104 Å². The van der Waals surface area contributed by atoms with Crippen LogP contribution < -0.4 is 14.9 Å². The Morgan fingerprint density at radius 3 is 2.90 bits per heavy atom. The molecule has 0 aromatic carbocycles. The molecular formula is C11H14N4O3S2. The minimum absolute atomic E-state index is 0.0416. The number of thiazole rings is 1. The van der Waals surface area contributed by atoms with Gasteiger partial charge in [-0.25, -0.2) is 18.1 Å². The molecule has 2 aromatic heterocycles. The Bertz CT molecular complexity index is 736. The van der Waals surface area contributed by atoms with Crippen molar-refractivity contribution >= 4 is 27.2 Å². The summed E-state index contributed by atoms with van der Waals surface area (Å²) in [6.45, 7) is 2.59. The van der Waals surface area contributed by atoms with Gasteiger partial charge in [-0.1, -0.05) is 11.3 Å². The van der Waals surface area contributed by atoms with Gasteiger partial charge in [-0.05, 0) is 13.0 Å². The molecule has 0 amide bonds. The summed E-state index contributed by atoms with van der Waals surface area (Å²) in [7, 11) is -3.64. The fraction of sp³-hybridized carbons (Fsp3) is 0.273. The molecule has 0 bridgehead atoms. The van der Waals surface area contributed by atoms with E-state index in [1.165, 1.54) is 18.3 Å². The summed E-state index contributed by atoms with van der Waals surface area (Å²) in [5, 5.41) is 4.53. The highest BCUT2D eigenvalue weighted by Crippen LogP contribution is 2.12. The predicted molar refractivity (Wildman–Crippen MR) is 77.4 cm³/mol. The first-order valence-electron chi connectivity index (χ1n) is 5.87. The smallest absolute Gasteiger partial charge is 0.304 e. The van der Waals surface area contributed by atoms with Gasteiger partial charge in [-0.15, -0.1) is 0 Å². The number of sulfonamides is 1. The Morgan fingerprint density at radius 2 is 2.25 bits per heavy atom. The molecule has 3 N–H and O–H groups in total. The Balaban J connectivity index is 2.13. The van der Waals surface area contributed by atoms with E-state index in [2.05, 4.69) is 20.0 Å². The highest BCUT2D eigenvalue weighted by atomic mass is 32.2. The van der Waals surface area contributed by atoms with E-state index in [0.29, 0.717) is 18.1 Å². The SMILES string of the molecule is CCNc1cc(S(=O)(=O)NCc2csc(=O)[nH]2)ccn1. The normalized spacial score (nSPS) is 11.4. The minimum atomic E-state index is -3.64. The van der Waals surface area contributed by atoms with Crippen molar-refractivity contribution < 1.29 is 8.42 Å². The van der Waals surface area contributed by atoms with Gasteiger partial charge in [0, 0.05) is 29.9 Å². The lowest BCUT2D eigenvalue weighted by atomic mass is 10.4. The van der Waals surface area contributed by atoms with Gasteiger partial charge in [0.2, 0.25) is 10.0 Å². The van der Waals surface area contributed by atoms with Gasteiger partial charge < -0.3 is 10.3 Å². The van der Waals surface area contributed by atoms with E-state index < -0.39 is 10.0 Å². The van der Waals surface area contributed by atoms with Crippen molar-refractivity contribution in [3.63, 3.8) is 0 Å². The number of nitrogens with one attached hydrogen (secondary N) is 3. The molecule has 0 spiro atoms. The molecule has 0 unspecified atom stereocenters. The number of anilines is 1. The van der Waals surface area contributed by atoms with Crippen LogP contribution in [-0.4, -0.2) is 24.9 Å². The van der Waals surface area contributed by atoms with E-state index in [-0.39, 0.29) is 16.3 Å². The Hall–Kier alpha value is -1.71. The number of aromatic nitrogens is 2. The van der Waals surface area contributed by atoms with Crippen molar-refractivity contribution in [1.29, 1.82) is 0 Å². The first kappa shape index (κ1) is 14.7. The number of pyridine rings is 1. The highest BCUT2D eigenvalue weighted by Gasteiger charge is 2.14. The van der Waals surface area contributed by atoms with E-state index in [1.807, 2.05) is 6.92 Å². The molecule has 0 fully saturated rings. The van der Waals surface area contributed by atoms with E-state index in [9.17, 15) is 13.2 Å². The van der Waals surface area contributed by atoms with Crippen molar-refractivity contribution in [3.8, 4) is 0 Å². The molecule has 2 heterocycles. The first-order valence-corrected chi connectivity index (χ1v) is 8.24. The maximum atomic E-state index is 12.1. The molecule has 0 atom stereocenters. The lowest BCUT2D eigenvalue weighted by Gasteiger charge is -2.07. The van der Waals surface area contributed by atoms with Gasteiger partial charge >= 0.3 is 4.87 Å². The number of H-pyrrole nitrogens is 1. The van der Waals surface area contributed by atoms with Crippen LogP contribution in [0, 0.1) is 0 Å². The second-order valence-corrected chi connectivity index (χ2v) is 6.51. The molecule has 9 heteroatoms. The molecule has 2 rings (SSSR count). The Morgan fingerprint density at radius 1 is 1.45 bits per heavy atom. The predicted octanol–water partition coefficient (Wildman–Crippen LogP) is 0.742. The molecule has 20 heavy (non-hydrogen) atoms. The molecule has 0 aliphatic carbocycles. The lowest BCUT2D eigenvalue weighted by Crippen LogP contribution is -2.24. The van der Waals surface area contributed by atoms with E-state index in [4.69, 9.17) is 0 Å². The number of rotatable bonds is 6. The third-order valence-electron chi connectivity index (χ3n) is 2.42. The summed E-state index contributed by atoms with van der Waals surface area (Å²) in [5.74, 6) is 0.499. The van der Waals surface area contributed by atoms with Crippen molar-refractivity contribution in [2.45, 2.75) is 18.4 Å². The summed E-state index contributed by atoms with van der Waals surface area (Å²) in [6, 6.07) is 2.88. The minimum Gasteiger partial charge on any atom is -0.370 e. The fourth-order valence-corrected chi connectivity index (χ4v) is 3.11. The van der Waals surface area contributed by atoms with Crippen LogP contribution >= 0.6 is 11.3 Å².